The van der Waals surface area contributed by atoms with Crippen LogP contribution in [0.2, 0.25) is 0 Å². The third-order valence-electron chi connectivity index (χ3n) is 4.18. The Bertz CT molecular complexity index is 401. The minimum atomic E-state index is -1.03. The maximum absolute atomic E-state index is 12.2. The molecule has 3 amide bonds. The number of nitrogens with one attached hydrogen (secondary N) is 1. The molecule has 0 aromatic rings. The Morgan fingerprint density at radius 3 is 2.29 bits per heavy atom. The molecule has 0 atom stereocenters. The number of hydrogen-bond donors (Lipinski definition) is 2. The van der Waals surface area contributed by atoms with E-state index in [9.17, 15) is 14.4 Å². The molecule has 0 unspecified atom stereocenters. The molecular formula is C14H23N3O4. The fourth-order valence-corrected chi connectivity index (χ4v) is 3.06. The molecule has 7 nitrogen and oxygen atoms in total. The Hall–Kier alpha value is -1.79. The molecule has 2 N–H and O–H groups in total. The molecule has 2 fully saturated rings. The van der Waals surface area contributed by atoms with E-state index in [4.69, 9.17) is 5.11 Å². The van der Waals surface area contributed by atoms with Gasteiger partial charge in [-0.1, -0.05) is 12.8 Å². The molecule has 1 saturated heterocycles. The van der Waals surface area contributed by atoms with Crippen LogP contribution < -0.4 is 5.32 Å². The van der Waals surface area contributed by atoms with E-state index >= 15 is 0 Å². The average Bonchev–Trinajstić information content (AvgIpc) is 3.13. The average molecular weight is 297 g/mol. The van der Waals surface area contributed by atoms with Crippen LogP contribution in [0.4, 0.5) is 4.79 Å². The maximum Gasteiger partial charge on any atom is 0.323 e. The summed E-state index contributed by atoms with van der Waals surface area (Å²) < 4.78 is 0. The van der Waals surface area contributed by atoms with Gasteiger partial charge < -0.3 is 20.2 Å². The Labute approximate surface area is 124 Å². The molecule has 1 saturated carbocycles. The predicted molar refractivity (Wildman–Crippen MR) is 75.8 cm³/mol. The molecule has 2 rings (SSSR count). The van der Waals surface area contributed by atoms with Crippen molar-refractivity contribution < 1.29 is 19.5 Å². The summed E-state index contributed by atoms with van der Waals surface area (Å²) >= 11 is 0. The first kappa shape index (κ1) is 15.6. The summed E-state index contributed by atoms with van der Waals surface area (Å²) in [6, 6.07) is -0.472. The topological polar surface area (TPSA) is 90.0 Å². The highest BCUT2D eigenvalue weighted by Crippen LogP contribution is 2.23. The zero-order valence-corrected chi connectivity index (χ0v) is 12.2. The van der Waals surface area contributed by atoms with E-state index < -0.39 is 12.0 Å². The van der Waals surface area contributed by atoms with Crippen LogP contribution in [-0.4, -0.2) is 65.0 Å². The SMILES string of the molecule is O=C(O)CN(C(=O)NCC(=O)N1CCCC1)C1CCCC1. The molecule has 0 aromatic heterocycles. The van der Waals surface area contributed by atoms with Gasteiger partial charge in [-0.3, -0.25) is 9.59 Å². The van der Waals surface area contributed by atoms with Crippen molar-refractivity contribution >= 4 is 17.9 Å². The molecule has 7 heteroatoms. The number of rotatable bonds is 5. The third kappa shape index (κ3) is 4.34. The second kappa shape index (κ2) is 7.28. The van der Waals surface area contributed by atoms with Crippen LogP contribution in [0, 0.1) is 0 Å². The van der Waals surface area contributed by atoms with Crippen molar-refractivity contribution in [1.29, 1.82) is 0 Å². The number of carboxylic acids is 1. The molecule has 1 aliphatic heterocycles. The monoisotopic (exact) mass is 297 g/mol. The Morgan fingerprint density at radius 1 is 1.10 bits per heavy atom. The molecular weight excluding hydrogens is 274 g/mol. The number of nitrogens with zero attached hydrogens (tertiary/aromatic N) is 2. The van der Waals surface area contributed by atoms with Crippen molar-refractivity contribution in [3.05, 3.63) is 0 Å². The summed E-state index contributed by atoms with van der Waals surface area (Å²) in [6.07, 6.45) is 5.71. The highest BCUT2D eigenvalue weighted by atomic mass is 16.4. The normalized spacial score (nSPS) is 18.8. The van der Waals surface area contributed by atoms with E-state index in [1.54, 1.807) is 4.90 Å². The van der Waals surface area contributed by atoms with Gasteiger partial charge in [-0.25, -0.2) is 4.79 Å². The van der Waals surface area contributed by atoms with Gasteiger partial charge in [-0.05, 0) is 25.7 Å². The minimum absolute atomic E-state index is 0.0250. The summed E-state index contributed by atoms with van der Waals surface area (Å²) in [7, 11) is 0. The molecule has 1 aliphatic carbocycles. The summed E-state index contributed by atoms with van der Waals surface area (Å²) in [5, 5.41) is 11.5. The smallest absolute Gasteiger partial charge is 0.323 e. The molecule has 0 spiro atoms. The second-order valence-electron chi connectivity index (χ2n) is 5.71. The van der Waals surface area contributed by atoms with E-state index in [1.165, 1.54) is 4.90 Å². The van der Waals surface area contributed by atoms with Crippen LogP contribution in [0.1, 0.15) is 38.5 Å². The van der Waals surface area contributed by atoms with Gasteiger partial charge in [0.1, 0.15) is 6.54 Å². The minimum Gasteiger partial charge on any atom is -0.480 e. The van der Waals surface area contributed by atoms with Gasteiger partial charge >= 0.3 is 12.0 Å². The van der Waals surface area contributed by atoms with Crippen LogP contribution in [0.15, 0.2) is 0 Å². The zero-order valence-electron chi connectivity index (χ0n) is 12.2. The molecule has 1 heterocycles. The van der Waals surface area contributed by atoms with Crippen LogP contribution in [0.25, 0.3) is 0 Å². The zero-order chi connectivity index (χ0) is 15.2. The maximum atomic E-state index is 12.2. The second-order valence-corrected chi connectivity index (χ2v) is 5.71. The van der Waals surface area contributed by atoms with Crippen LogP contribution in [-0.2, 0) is 9.59 Å². The van der Waals surface area contributed by atoms with Crippen molar-refractivity contribution in [2.45, 2.75) is 44.6 Å². The molecule has 0 bridgehead atoms. The number of urea groups is 1. The van der Waals surface area contributed by atoms with Gasteiger partial charge in [0.05, 0.1) is 6.54 Å². The van der Waals surface area contributed by atoms with Gasteiger partial charge in [0, 0.05) is 19.1 Å². The largest absolute Gasteiger partial charge is 0.480 e. The number of aliphatic carboxylic acids is 1. The quantitative estimate of drug-likeness (QED) is 0.779. The number of carboxylic acid groups (broad SMARTS) is 1. The number of carbonyl (C=O) groups is 3. The first-order valence-electron chi connectivity index (χ1n) is 7.62. The van der Waals surface area contributed by atoms with Gasteiger partial charge in [0.25, 0.3) is 0 Å². The van der Waals surface area contributed by atoms with Gasteiger partial charge in [-0.2, -0.15) is 0 Å². The number of likely N-dealkylation sites (tertiary alicyclic amines) is 1. The molecule has 0 aromatic carbocycles. The summed E-state index contributed by atoms with van der Waals surface area (Å²) in [5.74, 6) is -1.12. The van der Waals surface area contributed by atoms with E-state index in [1.807, 2.05) is 0 Å². The van der Waals surface area contributed by atoms with Crippen molar-refractivity contribution in [3.8, 4) is 0 Å². The van der Waals surface area contributed by atoms with E-state index in [-0.39, 0.29) is 25.0 Å². The van der Waals surface area contributed by atoms with Gasteiger partial charge in [-0.15, -0.1) is 0 Å². The fourth-order valence-electron chi connectivity index (χ4n) is 3.06. The van der Waals surface area contributed by atoms with Gasteiger partial charge in [0.15, 0.2) is 0 Å². The fraction of sp³-hybridized carbons (Fsp3) is 0.786. The molecule has 0 radical (unpaired) electrons. The van der Waals surface area contributed by atoms with Crippen LogP contribution >= 0.6 is 0 Å². The van der Waals surface area contributed by atoms with Crippen molar-refractivity contribution in [2.75, 3.05) is 26.2 Å². The molecule has 118 valence electrons. The highest BCUT2D eigenvalue weighted by Gasteiger charge is 2.29. The number of hydrogen-bond acceptors (Lipinski definition) is 3. The van der Waals surface area contributed by atoms with Crippen LogP contribution in [0.3, 0.4) is 0 Å². The van der Waals surface area contributed by atoms with E-state index in [2.05, 4.69) is 5.32 Å². The number of carbonyl (C=O) groups excluding carboxylic acids is 2. The number of amides is 3. The lowest BCUT2D eigenvalue weighted by Crippen LogP contribution is -2.50. The summed E-state index contributed by atoms with van der Waals surface area (Å²) in [4.78, 5) is 38.1. The standard InChI is InChI=1S/C14H23N3O4/c18-12(16-7-3-4-8-16)9-15-14(21)17(10-13(19)20)11-5-1-2-6-11/h11H,1-10H2,(H,15,21)(H,19,20). The molecule has 21 heavy (non-hydrogen) atoms. The van der Waals surface area contributed by atoms with E-state index in [0.717, 1.165) is 51.6 Å². The Morgan fingerprint density at radius 2 is 1.71 bits per heavy atom. The first-order valence-corrected chi connectivity index (χ1v) is 7.62. The summed E-state index contributed by atoms with van der Waals surface area (Å²) in [6.45, 7) is 1.13. The Balaban J connectivity index is 1.85. The van der Waals surface area contributed by atoms with Crippen molar-refractivity contribution in [1.82, 2.24) is 15.1 Å². The highest BCUT2D eigenvalue weighted by molar-refractivity contribution is 5.86. The van der Waals surface area contributed by atoms with Crippen molar-refractivity contribution in [2.24, 2.45) is 0 Å². The van der Waals surface area contributed by atoms with Crippen molar-refractivity contribution in [3.63, 3.8) is 0 Å². The lowest BCUT2D eigenvalue weighted by molar-refractivity contribution is -0.138. The van der Waals surface area contributed by atoms with Gasteiger partial charge in [0.2, 0.25) is 5.91 Å². The van der Waals surface area contributed by atoms with E-state index in [0.29, 0.717) is 0 Å². The lowest BCUT2D eigenvalue weighted by atomic mass is 10.2. The lowest BCUT2D eigenvalue weighted by Gasteiger charge is -2.27. The first-order chi connectivity index (χ1) is 10.1. The third-order valence-corrected chi connectivity index (χ3v) is 4.18. The predicted octanol–water partition coefficient (Wildman–Crippen LogP) is 0.648. The Kier molecular flexibility index (Phi) is 5.41. The van der Waals surface area contributed by atoms with Crippen LogP contribution in [0.5, 0.6) is 0 Å². The molecule has 2 aliphatic rings. The summed E-state index contributed by atoms with van der Waals surface area (Å²) in [5.41, 5.74) is 0.